The Kier molecular flexibility index (Phi) is 4.92. The molecule has 0 saturated heterocycles. The molecule has 0 saturated carbocycles. The third-order valence-electron chi connectivity index (χ3n) is 5.46. The first-order valence-electron chi connectivity index (χ1n) is 10.0. The van der Waals surface area contributed by atoms with E-state index >= 15 is 0 Å². The molecule has 6 nitrogen and oxygen atoms in total. The van der Waals surface area contributed by atoms with Crippen LogP contribution in [0.1, 0.15) is 22.3 Å². The molecule has 3 heterocycles. The maximum Gasteiger partial charge on any atom is 0.196 e. The Hall–Kier alpha value is -3.63. The van der Waals surface area contributed by atoms with Crippen LogP contribution in [0.3, 0.4) is 0 Å². The Morgan fingerprint density at radius 1 is 1.06 bits per heavy atom. The summed E-state index contributed by atoms with van der Waals surface area (Å²) in [6, 6.07) is 20.2. The van der Waals surface area contributed by atoms with Crippen LogP contribution in [0, 0.1) is 18.3 Å². The van der Waals surface area contributed by atoms with Crippen molar-refractivity contribution in [2.75, 3.05) is 5.75 Å². The Morgan fingerprint density at radius 2 is 1.81 bits per heavy atom. The summed E-state index contributed by atoms with van der Waals surface area (Å²) in [5, 5.41) is 20.4. The van der Waals surface area contributed by atoms with Gasteiger partial charge >= 0.3 is 0 Å². The van der Waals surface area contributed by atoms with E-state index in [9.17, 15) is 4.79 Å². The van der Waals surface area contributed by atoms with Gasteiger partial charge in [0.15, 0.2) is 16.6 Å². The molecule has 3 aromatic heterocycles. The molecule has 31 heavy (non-hydrogen) atoms. The van der Waals surface area contributed by atoms with Crippen LogP contribution in [-0.4, -0.2) is 30.7 Å². The molecule has 0 unspecified atom stereocenters. The van der Waals surface area contributed by atoms with E-state index in [2.05, 4.69) is 29.3 Å². The van der Waals surface area contributed by atoms with Gasteiger partial charge in [0.25, 0.3) is 0 Å². The van der Waals surface area contributed by atoms with Crippen molar-refractivity contribution in [3.05, 3.63) is 71.9 Å². The molecule has 7 heteroatoms. The van der Waals surface area contributed by atoms with E-state index in [1.54, 1.807) is 0 Å². The lowest BCUT2D eigenvalue weighted by Crippen LogP contribution is -2.03. The van der Waals surface area contributed by atoms with Crippen LogP contribution in [0.5, 0.6) is 0 Å². The summed E-state index contributed by atoms with van der Waals surface area (Å²) in [4.78, 5) is 13.1. The third-order valence-corrected chi connectivity index (χ3v) is 6.39. The average molecular weight is 426 g/mol. The molecule has 0 bridgehead atoms. The van der Waals surface area contributed by atoms with Crippen LogP contribution in [0.4, 0.5) is 0 Å². The second-order valence-corrected chi connectivity index (χ2v) is 8.34. The number of pyridine rings is 1. The third kappa shape index (κ3) is 3.35. The molecule has 0 atom stereocenters. The molecule has 0 N–H and O–H groups in total. The number of benzene rings is 2. The fourth-order valence-electron chi connectivity index (χ4n) is 4.00. The van der Waals surface area contributed by atoms with E-state index in [-0.39, 0.29) is 11.5 Å². The fraction of sp³-hybridized carbons (Fsp3) is 0.167. The van der Waals surface area contributed by atoms with Crippen molar-refractivity contribution < 1.29 is 4.79 Å². The molecule has 0 aliphatic rings. The first kappa shape index (κ1) is 19.3. The highest BCUT2D eigenvalue weighted by atomic mass is 32.2. The van der Waals surface area contributed by atoms with Crippen LogP contribution >= 0.6 is 11.8 Å². The Balaban J connectivity index is 1.47. The summed E-state index contributed by atoms with van der Waals surface area (Å²) < 4.78 is 4.00. The molecule has 2 aromatic carbocycles. The summed E-state index contributed by atoms with van der Waals surface area (Å²) in [6.45, 7) is 2.63. The van der Waals surface area contributed by atoms with Crippen molar-refractivity contribution in [2.24, 2.45) is 0 Å². The van der Waals surface area contributed by atoms with E-state index in [1.165, 1.54) is 11.8 Å². The largest absolute Gasteiger partial charge is 0.346 e. The number of ketones is 1. The zero-order valence-electron chi connectivity index (χ0n) is 16.9. The highest BCUT2D eigenvalue weighted by molar-refractivity contribution is 7.99. The predicted molar refractivity (Wildman–Crippen MR) is 122 cm³/mol. The normalized spacial score (nSPS) is 11.4. The van der Waals surface area contributed by atoms with Gasteiger partial charge in [0.1, 0.15) is 0 Å². The monoisotopic (exact) mass is 425 g/mol. The molecule has 0 radical (unpaired) electrons. The fourth-order valence-corrected chi connectivity index (χ4v) is 4.84. The van der Waals surface area contributed by atoms with Crippen molar-refractivity contribution >= 4 is 45.0 Å². The molecule has 0 fully saturated rings. The van der Waals surface area contributed by atoms with Crippen LogP contribution in [0.2, 0.25) is 0 Å². The van der Waals surface area contributed by atoms with E-state index in [0.29, 0.717) is 23.7 Å². The van der Waals surface area contributed by atoms with Gasteiger partial charge in [0.2, 0.25) is 0 Å². The van der Waals surface area contributed by atoms with Crippen LogP contribution in [0.15, 0.2) is 66.0 Å². The van der Waals surface area contributed by atoms with Gasteiger partial charge in [-0.15, -0.1) is 10.2 Å². The van der Waals surface area contributed by atoms with Crippen molar-refractivity contribution in [2.45, 2.75) is 25.0 Å². The lowest BCUT2D eigenvalue weighted by Gasteiger charge is -2.07. The minimum absolute atomic E-state index is 0.0325. The summed E-state index contributed by atoms with van der Waals surface area (Å²) in [5.41, 5.74) is 4.61. The number of carbonyl (C=O) groups excluding carboxylic acids is 1. The lowest BCUT2D eigenvalue weighted by molar-refractivity contribution is 0.102. The van der Waals surface area contributed by atoms with Crippen molar-refractivity contribution in [3.63, 3.8) is 0 Å². The molecule has 0 aliphatic carbocycles. The predicted octanol–water partition coefficient (Wildman–Crippen LogP) is 5.03. The highest BCUT2D eigenvalue weighted by Gasteiger charge is 2.17. The van der Waals surface area contributed by atoms with Gasteiger partial charge in [-0.05, 0) is 30.7 Å². The number of nitriles is 1. The number of hydrogen-bond acceptors (Lipinski definition) is 5. The second kappa shape index (κ2) is 7.89. The quantitative estimate of drug-likeness (QED) is 0.282. The smallest absolute Gasteiger partial charge is 0.196 e. The molecule has 5 aromatic rings. The van der Waals surface area contributed by atoms with Gasteiger partial charge in [0, 0.05) is 34.6 Å². The number of Topliss-reactive ketones (excluding diaryl/α,β-unsaturated/α-hetero) is 1. The number of rotatable bonds is 6. The number of nitrogens with zero attached hydrogens (tertiary/aromatic N) is 5. The van der Waals surface area contributed by atoms with Crippen LogP contribution in [-0.2, 0) is 6.54 Å². The van der Waals surface area contributed by atoms with Crippen molar-refractivity contribution in [1.82, 2.24) is 19.2 Å². The summed E-state index contributed by atoms with van der Waals surface area (Å²) >= 11 is 1.39. The zero-order valence-corrected chi connectivity index (χ0v) is 17.8. The van der Waals surface area contributed by atoms with Crippen LogP contribution < -0.4 is 0 Å². The molecule has 0 aliphatic heterocycles. The average Bonchev–Trinajstić information content (AvgIpc) is 3.38. The van der Waals surface area contributed by atoms with Crippen molar-refractivity contribution in [1.29, 1.82) is 5.26 Å². The van der Waals surface area contributed by atoms with Gasteiger partial charge in [-0.25, -0.2) is 0 Å². The number of hydrogen-bond donors (Lipinski definition) is 0. The van der Waals surface area contributed by atoms with Gasteiger partial charge in [-0.1, -0.05) is 48.2 Å². The van der Waals surface area contributed by atoms with Gasteiger partial charge in [-0.3, -0.25) is 9.20 Å². The summed E-state index contributed by atoms with van der Waals surface area (Å²) in [6.07, 6.45) is 2.27. The minimum Gasteiger partial charge on any atom is -0.346 e. The maximum atomic E-state index is 13.1. The zero-order chi connectivity index (χ0) is 21.4. The van der Waals surface area contributed by atoms with E-state index in [4.69, 9.17) is 5.26 Å². The van der Waals surface area contributed by atoms with Crippen LogP contribution in [0.25, 0.3) is 27.5 Å². The number of carbonyl (C=O) groups is 1. The second-order valence-electron chi connectivity index (χ2n) is 7.39. The van der Waals surface area contributed by atoms with Gasteiger partial charge in [0.05, 0.1) is 23.8 Å². The Morgan fingerprint density at radius 3 is 2.61 bits per heavy atom. The minimum atomic E-state index is 0.0325. The standard InChI is InChI=1S/C24H19N5OS/c1-16-13-23-26-27-24(29(23)21-10-5-2-7-17(16)21)31-15-22(30)19-14-28(12-6-11-25)20-9-4-3-8-18(19)20/h2-5,7-10,13-14H,6,12,15H2,1H3. The first-order chi connectivity index (χ1) is 15.2. The Labute approximate surface area is 183 Å². The number of fused-ring (bicyclic) bond motifs is 4. The van der Waals surface area contributed by atoms with Gasteiger partial charge in [-0.2, -0.15) is 5.26 Å². The topological polar surface area (TPSA) is 76.0 Å². The van der Waals surface area contributed by atoms with Crippen molar-refractivity contribution in [3.8, 4) is 6.07 Å². The number of para-hydroxylation sites is 2. The molecule has 152 valence electrons. The maximum absolute atomic E-state index is 13.1. The summed E-state index contributed by atoms with van der Waals surface area (Å²) in [5.74, 6) is 0.292. The molecule has 0 spiro atoms. The molecular formula is C24H19N5OS. The first-order valence-corrected chi connectivity index (χ1v) is 11.0. The number of thioether (sulfide) groups is 1. The highest BCUT2D eigenvalue weighted by Crippen LogP contribution is 2.28. The summed E-state index contributed by atoms with van der Waals surface area (Å²) in [7, 11) is 0. The SMILES string of the molecule is Cc1cc2nnc(SCC(=O)c3cn(CCC#N)c4ccccc34)n2c2ccccc12. The number of aryl methyl sites for hydroxylation is 2. The van der Waals surface area contributed by atoms with E-state index in [1.807, 2.05) is 63.7 Å². The lowest BCUT2D eigenvalue weighted by atomic mass is 10.1. The Bertz CT molecular complexity index is 1490. The molecular weight excluding hydrogens is 406 g/mol. The van der Waals surface area contributed by atoms with Gasteiger partial charge < -0.3 is 4.57 Å². The van der Waals surface area contributed by atoms with E-state index in [0.717, 1.165) is 33.0 Å². The molecule has 5 rings (SSSR count). The molecule has 0 amide bonds. The van der Waals surface area contributed by atoms with E-state index < -0.39 is 0 Å². The number of aromatic nitrogens is 4.